The maximum absolute atomic E-state index is 13.1. The van der Waals surface area contributed by atoms with Gasteiger partial charge in [0.2, 0.25) is 0 Å². The molecule has 7 heteroatoms. The van der Waals surface area contributed by atoms with Crippen LogP contribution in [-0.4, -0.2) is 45.4 Å². The monoisotopic (exact) mass is 473 g/mol. The van der Waals surface area contributed by atoms with E-state index in [0.717, 1.165) is 11.1 Å². The van der Waals surface area contributed by atoms with Gasteiger partial charge in [-0.05, 0) is 38.8 Å². The van der Waals surface area contributed by atoms with Gasteiger partial charge in [0.15, 0.2) is 0 Å². The molecule has 0 amide bonds. The number of nitrogens with zero attached hydrogens (tertiary/aromatic N) is 1. The van der Waals surface area contributed by atoms with E-state index in [1.165, 1.54) is 0 Å². The van der Waals surface area contributed by atoms with Crippen molar-refractivity contribution in [2.75, 3.05) is 0 Å². The summed E-state index contributed by atoms with van der Waals surface area (Å²) < 4.78 is 10.9. The Morgan fingerprint density at radius 1 is 1.21 bits per heavy atom. The predicted octanol–water partition coefficient (Wildman–Crippen LogP) is 4.57. The SMILES string of the molecule is CC1=CC[C@@H](/C(C)=C/c2cc(C)on2)OC(=O)C[C@H](O)C(C)(C)C(=O)[C@H](C)[C@@H](O)[C@@H](C)C=CC1. The summed E-state index contributed by atoms with van der Waals surface area (Å²) in [6, 6.07) is 1.79. The molecule has 0 bridgehead atoms. The first-order chi connectivity index (χ1) is 15.8. The Balaban J connectivity index is 2.37. The second-order valence-corrected chi connectivity index (χ2v) is 10.1. The number of rotatable bonds is 2. The summed E-state index contributed by atoms with van der Waals surface area (Å²) in [5, 5.41) is 25.5. The molecule has 188 valence electrons. The van der Waals surface area contributed by atoms with Gasteiger partial charge in [-0.25, -0.2) is 0 Å². The molecule has 2 rings (SSSR count). The minimum absolute atomic E-state index is 0.235. The molecule has 1 aliphatic heterocycles. The number of aliphatic hydroxyl groups is 2. The van der Waals surface area contributed by atoms with Crippen LogP contribution in [0.15, 0.2) is 40.0 Å². The van der Waals surface area contributed by atoms with E-state index in [-0.39, 0.29) is 18.1 Å². The largest absolute Gasteiger partial charge is 0.457 e. The van der Waals surface area contributed by atoms with E-state index in [1.807, 2.05) is 45.1 Å². The van der Waals surface area contributed by atoms with Crippen molar-refractivity contribution in [1.82, 2.24) is 5.16 Å². The van der Waals surface area contributed by atoms with Crippen LogP contribution in [0.4, 0.5) is 0 Å². The molecular formula is C27H39NO6. The van der Waals surface area contributed by atoms with Gasteiger partial charge in [0.05, 0.1) is 24.0 Å². The fourth-order valence-electron chi connectivity index (χ4n) is 4.06. The number of ether oxygens (including phenoxy) is 1. The first-order valence-electron chi connectivity index (χ1n) is 11.9. The van der Waals surface area contributed by atoms with Crippen LogP contribution in [0.25, 0.3) is 6.08 Å². The van der Waals surface area contributed by atoms with E-state index in [0.29, 0.717) is 24.3 Å². The zero-order valence-corrected chi connectivity index (χ0v) is 21.4. The molecule has 1 aliphatic rings. The third-order valence-corrected chi connectivity index (χ3v) is 6.66. The fraction of sp³-hybridized carbons (Fsp3) is 0.593. The second kappa shape index (κ2) is 11.8. The molecule has 7 nitrogen and oxygen atoms in total. The average Bonchev–Trinajstić information content (AvgIpc) is 3.18. The predicted molar refractivity (Wildman–Crippen MR) is 131 cm³/mol. The summed E-state index contributed by atoms with van der Waals surface area (Å²) in [7, 11) is 0. The van der Waals surface area contributed by atoms with Gasteiger partial charge in [-0.3, -0.25) is 9.59 Å². The summed E-state index contributed by atoms with van der Waals surface area (Å²) in [4.78, 5) is 25.9. The summed E-state index contributed by atoms with van der Waals surface area (Å²) in [5.74, 6) is -1.14. The second-order valence-electron chi connectivity index (χ2n) is 10.1. The van der Waals surface area contributed by atoms with Gasteiger partial charge in [-0.15, -0.1) is 0 Å². The first-order valence-corrected chi connectivity index (χ1v) is 11.9. The topological polar surface area (TPSA) is 110 Å². The minimum atomic E-state index is -1.25. The maximum atomic E-state index is 13.1. The molecule has 0 spiro atoms. The van der Waals surface area contributed by atoms with Crippen molar-refractivity contribution in [3.63, 3.8) is 0 Å². The van der Waals surface area contributed by atoms with E-state index in [1.54, 1.807) is 33.8 Å². The lowest BCUT2D eigenvalue weighted by Crippen LogP contribution is -2.45. The molecule has 0 unspecified atom stereocenters. The van der Waals surface area contributed by atoms with Gasteiger partial charge in [-0.1, -0.05) is 56.7 Å². The van der Waals surface area contributed by atoms with E-state index >= 15 is 0 Å². The highest BCUT2D eigenvalue weighted by molar-refractivity contribution is 5.88. The van der Waals surface area contributed by atoms with E-state index < -0.39 is 35.6 Å². The Morgan fingerprint density at radius 3 is 2.50 bits per heavy atom. The molecule has 0 aliphatic carbocycles. The Hall–Kier alpha value is -2.51. The highest BCUT2D eigenvalue weighted by Crippen LogP contribution is 2.31. The number of esters is 1. The minimum Gasteiger partial charge on any atom is -0.457 e. The molecule has 34 heavy (non-hydrogen) atoms. The quantitative estimate of drug-likeness (QED) is 0.478. The molecule has 0 radical (unpaired) electrons. The highest BCUT2D eigenvalue weighted by atomic mass is 16.5. The maximum Gasteiger partial charge on any atom is 0.309 e. The van der Waals surface area contributed by atoms with Crippen molar-refractivity contribution >= 4 is 17.8 Å². The van der Waals surface area contributed by atoms with Gasteiger partial charge in [-0.2, -0.15) is 0 Å². The lowest BCUT2D eigenvalue weighted by atomic mass is 9.73. The molecule has 2 N–H and O–H groups in total. The zero-order valence-electron chi connectivity index (χ0n) is 21.4. The number of ketones is 1. The molecular weight excluding hydrogens is 434 g/mol. The zero-order chi connectivity index (χ0) is 25.6. The van der Waals surface area contributed by atoms with Crippen molar-refractivity contribution < 1.29 is 29.1 Å². The molecule has 5 atom stereocenters. The first kappa shape index (κ1) is 27.7. The van der Waals surface area contributed by atoms with Crippen molar-refractivity contribution in [3.8, 4) is 0 Å². The van der Waals surface area contributed by atoms with Crippen LogP contribution in [0, 0.1) is 24.2 Å². The molecule has 0 aromatic carbocycles. The van der Waals surface area contributed by atoms with Gasteiger partial charge in [0.25, 0.3) is 0 Å². The number of hydrogen-bond acceptors (Lipinski definition) is 7. The smallest absolute Gasteiger partial charge is 0.309 e. The average molecular weight is 474 g/mol. The molecule has 0 fully saturated rings. The molecule has 0 saturated heterocycles. The number of allylic oxidation sites excluding steroid dienone is 2. The van der Waals surface area contributed by atoms with Gasteiger partial charge < -0.3 is 19.5 Å². The standard InChI is InChI=1S/C27H39NO6/c1-16-9-8-10-17(2)25(31)20(5)26(32)27(6,7)23(29)15-24(30)33-22(12-11-16)18(3)13-21-14-19(4)34-28-21/h8,10-11,13-14,17,20,22-23,25,29,31H,9,12,15H2,1-7H3/b10-8?,16-11?,18-13+/t17-,20+,22-,23-,25-/m0/s1. The van der Waals surface area contributed by atoms with Crippen molar-refractivity contribution in [2.24, 2.45) is 17.3 Å². The number of aliphatic hydroxyl groups excluding tert-OH is 2. The Kier molecular flexibility index (Phi) is 9.59. The number of Topliss-reactive ketones (excluding diaryl/α,β-unsaturated/α-hetero) is 1. The number of aryl methyl sites for hydroxylation is 1. The fourth-order valence-corrected chi connectivity index (χ4v) is 4.06. The Bertz CT molecular complexity index is 954. The van der Waals surface area contributed by atoms with Crippen LogP contribution in [0.3, 0.4) is 0 Å². The number of carbonyl (C=O) groups excluding carboxylic acids is 2. The van der Waals surface area contributed by atoms with Gasteiger partial charge in [0, 0.05) is 24.3 Å². The van der Waals surface area contributed by atoms with Gasteiger partial charge >= 0.3 is 5.97 Å². The summed E-state index contributed by atoms with van der Waals surface area (Å²) >= 11 is 0. The van der Waals surface area contributed by atoms with E-state index in [2.05, 4.69) is 5.16 Å². The third kappa shape index (κ3) is 7.24. The van der Waals surface area contributed by atoms with Crippen LogP contribution in [-0.2, 0) is 14.3 Å². The summed E-state index contributed by atoms with van der Waals surface area (Å²) in [6.45, 7) is 12.4. The Morgan fingerprint density at radius 2 is 1.88 bits per heavy atom. The van der Waals surface area contributed by atoms with Gasteiger partial charge in [0.1, 0.15) is 23.3 Å². The molecule has 1 aromatic heterocycles. The van der Waals surface area contributed by atoms with Crippen LogP contribution >= 0.6 is 0 Å². The number of aromatic nitrogens is 1. The molecule has 1 aromatic rings. The number of cyclic esters (lactones) is 1. The van der Waals surface area contributed by atoms with Crippen LogP contribution in [0.2, 0.25) is 0 Å². The summed E-state index contributed by atoms with van der Waals surface area (Å²) in [6.07, 6.45) is 5.83. The number of carbonyl (C=O) groups is 2. The third-order valence-electron chi connectivity index (χ3n) is 6.66. The lowest BCUT2D eigenvalue weighted by molar-refractivity contribution is -0.154. The van der Waals surface area contributed by atoms with Crippen LogP contribution < -0.4 is 0 Å². The van der Waals surface area contributed by atoms with E-state index in [4.69, 9.17) is 9.26 Å². The van der Waals surface area contributed by atoms with Crippen LogP contribution in [0.1, 0.15) is 72.3 Å². The lowest BCUT2D eigenvalue weighted by Gasteiger charge is -2.34. The number of hydrogen-bond donors (Lipinski definition) is 2. The summed E-state index contributed by atoms with van der Waals surface area (Å²) in [5.41, 5.74) is 1.28. The molecule has 2 heterocycles. The molecule has 0 saturated carbocycles. The van der Waals surface area contributed by atoms with Crippen molar-refractivity contribution in [2.45, 2.75) is 86.0 Å². The Labute approximate surface area is 202 Å². The highest BCUT2D eigenvalue weighted by Gasteiger charge is 2.42. The van der Waals surface area contributed by atoms with Crippen molar-refractivity contribution in [3.05, 3.63) is 46.9 Å². The normalized spacial score (nSPS) is 30.1. The van der Waals surface area contributed by atoms with Crippen molar-refractivity contribution in [1.29, 1.82) is 0 Å². The van der Waals surface area contributed by atoms with Crippen LogP contribution in [0.5, 0.6) is 0 Å². The van der Waals surface area contributed by atoms with E-state index in [9.17, 15) is 19.8 Å².